The van der Waals surface area contributed by atoms with Crippen LogP contribution >= 0.6 is 11.3 Å². The van der Waals surface area contributed by atoms with Crippen LogP contribution in [-0.2, 0) is 16.4 Å². The lowest BCUT2D eigenvalue weighted by Crippen LogP contribution is -2.11. The molecule has 0 aliphatic heterocycles. The van der Waals surface area contributed by atoms with Gasteiger partial charge in [0.2, 0.25) is 10.0 Å². The highest BCUT2D eigenvalue weighted by Gasteiger charge is 2.12. The van der Waals surface area contributed by atoms with Gasteiger partial charge in [-0.05, 0) is 36.2 Å². The zero-order chi connectivity index (χ0) is 16.4. The van der Waals surface area contributed by atoms with Crippen LogP contribution in [0.2, 0.25) is 0 Å². The first kappa shape index (κ1) is 15.8. The molecule has 1 aromatic carbocycles. The van der Waals surface area contributed by atoms with Crippen molar-refractivity contribution < 1.29 is 8.42 Å². The van der Waals surface area contributed by atoms with Gasteiger partial charge in [-0.1, -0.05) is 18.2 Å². The van der Waals surface area contributed by atoms with E-state index in [4.69, 9.17) is 5.14 Å². The Morgan fingerprint density at radius 3 is 2.52 bits per heavy atom. The van der Waals surface area contributed by atoms with Crippen molar-refractivity contribution in [2.45, 2.75) is 18.2 Å². The summed E-state index contributed by atoms with van der Waals surface area (Å²) in [5.41, 5.74) is 2.97. The zero-order valence-corrected chi connectivity index (χ0v) is 14.1. The van der Waals surface area contributed by atoms with Gasteiger partial charge in [0, 0.05) is 18.8 Å². The number of sulfonamides is 1. The Balaban J connectivity index is 1.89. The number of aromatic nitrogens is 2. The van der Waals surface area contributed by atoms with Crippen molar-refractivity contribution in [1.29, 1.82) is 0 Å². The third kappa shape index (κ3) is 3.64. The first-order valence-electron chi connectivity index (χ1n) is 6.92. The van der Waals surface area contributed by atoms with Crippen LogP contribution in [0.4, 0.5) is 0 Å². The molecule has 0 atom stereocenters. The van der Waals surface area contributed by atoms with Crippen molar-refractivity contribution in [2.75, 3.05) is 0 Å². The van der Waals surface area contributed by atoms with Gasteiger partial charge < -0.3 is 0 Å². The van der Waals surface area contributed by atoms with E-state index in [1.807, 2.05) is 25.3 Å². The molecular formula is C16H15N3O2S2. The second kappa shape index (κ2) is 6.19. The number of primary sulfonamides is 1. The first-order chi connectivity index (χ1) is 10.9. The summed E-state index contributed by atoms with van der Waals surface area (Å²) in [6.07, 6.45) is 4.31. The molecule has 0 aliphatic carbocycles. The molecule has 7 heteroatoms. The number of thiazole rings is 1. The van der Waals surface area contributed by atoms with Crippen LogP contribution in [0.15, 0.2) is 53.7 Å². The van der Waals surface area contributed by atoms with Crippen LogP contribution < -0.4 is 5.14 Å². The molecule has 23 heavy (non-hydrogen) atoms. The van der Waals surface area contributed by atoms with Gasteiger partial charge in [0.1, 0.15) is 0 Å². The van der Waals surface area contributed by atoms with Crippen molar-refractivity contribution >= 4 is 21.4 Å². The van der Waals surface area contributed by atoms with Crippen molar-refractivity contribution in [3.8, 4) is 10.4 Å². The number of aryl methyl sites for hydroxylation is 1. The number of benzene rings is 1. The standard InChI is InChI=1S/C16H15N3O2S2/c1-11-16(13-4-6-14(7-5-13)23(17,20)21)22-15(19-11)9-12-3-2-8-18-10-12/h2-8,10H,9H2,1H3,(H2,17,20,21). The lowest BCUT2D eigenvalue weighted by molar-refractivity contribution is 0.598. The minimum absolute atomic E-state index is 0.110. The van der Waals surface area contributed by atoms with Gasteiger partial charge in [-0.2, -0.15) is 0 Å². The van der Waals surface area contributed by atoms with E-state index in [9.17, 15) is 8.42 Å². The average Bonchev–Trinajstić information content (AvgIpc) is 2.88. The van der Waals surface area contributed by atoms with E-state index >= 15 is 0 Å². The SMILES string of the molecule is Cc1nc(Cc2cccnc2)sc1-c1ccc(S(N)(=O)=O)cc1. The maximum Gasteiger partial charge on any atom is 0.238 e. The van der Waals surface area contributed by atoms with Crippen molar-refractivity contribution in [3.63, 3.8) is 0 Å². The van der Waals surface area contributed by atoms with Crippen LogP contribution in [-0.4, -0.2) is 18.4 Å². The number of hydrogen-bond acceptors (Lipinski definition) is 5. The van der Waals surface area contributed by atoms with Crippen LogP contribution in [0.25, 0.3) is 10.4 Å². The van der Waals surface area contributed by atoms with Crippen LogP contribution in [0.3, 0.4) is 0 Å². The predicted molar refractivity (Wildman–Crippen MR) is 90.7 cm³/mol. The number of pyridine rings is 1. The monoisotopic (exact) mass is 345 g/mol. The fourth-order valence-electron chi connectivity index (χ4n) is 2.27. The molecule has 0 fully saturated rings. The van der Waals surface area contributed by atoms with Gasteiger partial charge in [0.05, 0.1) is 20.5 Å². The Bertz CT molecular complexity index is 918. The summed E-state index contributed by atoms with van der Waals surface area (Å²) >= 11 is 1.60. The third-order valence-corrected chi connectivity index (χ3v) is 5.50. The Hall–Kier alpha value is -2.09. The van der Waals surface area contributed by atoms with Gasteiger partial charge in [-0.25, -0.2) is 18.5 Å². The molecule has 0 radical (unpaired) electrons. The zero-order valence-electron chi connectivity index (χ0n) is 12.4. The minimum Gasteiger partial charge on any atom is -0.264 e. The summed E-state index contributed by atoms with van der Waals surface area (Å²) in [6, 6.07) is 10.5. The molecular weight excluding hydrogens is 330 g/mol. The summed E-state index contributed by atoms with van der Waals surface area (Å²) in [6.45, 7) is 1.95. The summed E-state index contributed by atoms with van der Waals surface area (Å²) in [7, 11) is -3.67. The molecule has 0 unspecified atom stereocenters. The Morgan fingerprint density at radius 1 is 1.17 bits per heavy atom. The molecule has 3 rings (SSSR count). The molecule has 2 heterocycles. The first-order valence-corrected chi connectivity index (χ1v) is 9.28. The van der Waals surface area contributed by atoms with Crippen LogP contribution in [0.5, 0.6) is 0 Å². The van der Waals surface area contributed by atoms with E-state index in [0.29, 0.717) is 0 Å². The molecule has 118 valence electrons. The molecule has 0 saturated carbocycles. The van der Waals surface area contributed by atoms with E-state index in [0.717, 1.165) is 33.1 Å². The van der Waals surface area contributed by atoms with Gasteiger partial charge >= 0.3 is 0 Å². The molecule has 0 saturated heterocycles. The second-order valence-corrected chi connectivity index (χ2v) is 7.77. The highest BCUT2D eigenvalue weighted by atomic mass is 32.2. The lowest BCUT2D eigenvalue weighted by atomic mass is 10.2. The number of nitrogens with two attached hydrogens (primary N) is 1. The molecule has 0 spiro atoms. The molecule has 0 aliphatic rings. The molecule has 0 amide bonds. The largest absolute Gasteiger partial charge is 0.264 e. The summed E-state index contributed by atoms with van der Waals surface area (Å²) in [4.78, 5) is 9.85. The predicted octanol–water partition coefficient (Wildman–Crippen LogP) is 2.75. The van der Waals surface area contributed by atoms with Gasteiger partial charge in [-0.3, -0.25) is 4.98 Å². The van der Waals surface area contributed by atoms with Crippen LogP contribution in [0, 0.1) is 6.92 Å². The summed E-state index contributed by atoms with van der Waals surface area (Å²) in [5, 5.41) is 6.12. The van der Waals surface area contributed by atoms with Crippen molar-refractivity contribution in [2.24, 2.45) is 5.14 Å². The number of hydrogen-bond donors (Lipinski definition) is 1. The molecule has 2 N–H and O–H groups in total. The lowest BCUT2D eigenvalue weighted by Gasteiger charge is -2.01. The minimum atomic E-state index is -3.67. The van der Waals surface area contributed by atoms with E-state index in [-0.39, 0.29) is 4.90 Å². The topological polar surface area (TPSA) is 85.9 Å². The number of nitrogens with zero attached hydrogens (tertiary/aromatic N) is 2. The second-order valence-electron chi connectivity index (χ2n) is 5.13. The molecule has 0 bridgehead atoms. The summed E-state index contributed by atoms with van der Waals surface area (Å²) < 4.78 is 22.6. The fraction of sp³-hybridized carbons (Fsp3) is 0.125. The Labute approximate surface area is 138 Å². The maximum absolute atomic E-state index is 11.3. The molecule has 2 aromatic heterocycles. The van der Waals surface area contributed by atoms with E-state index in [1.165, 1.54) is 12.1 Å². The van der Waals surface area contributed by atoms with Gasteiger partial charge in [-0.15, -0.1) is 11.3 Å². The Morgan fingerprint density at radius 2 is 1.91 bits per heavy atom. The average molecular weight is 345 g/mol. The number of rotatable bonds is 4. The van der Waals surface area contributed by atoms with E-state index in [2.05, 4.69) is 9.97 Å². The molecule has 3 aromatic rings. The van der Waals surface area contributed by atoms with Crippen molar-refractivity contribution in [3.05, 3.63) is 65.1 Å². The van der Waals surface area contributed by atoms with Gasteiger partial charge in [0.25, 0.3) is 0 Å². The Kier molecular flexibility index (Phi) is 4.25. The highest BCUT2D eigenvalue weighted by Crippen LogP contribution is 2.31. The van der Waals surface area contributed by atoms with E-state index < -0.39 is 10.0 Å². The third-order valence-electron chi connectivity index (χ3n) is 3.36. The smallest absolute Gasteiger partial charge is 0.238 e. The highest BCUT2D eigenvalue weighted by molar-refractivity contribution is 7.89. The summed E-state index contributed by atoms with van der Waals surface area (Å²) in [5.74, 6) is 0. The van der Waals surface area contributed by atoms with Crippen molar-refractivity contribution in [1.82, 2.24) is 9.97 Å². The fourth-order valence-corrected chi connectivity index (χ4v) is 3.89. The van der Waals surface area contributed by atoms with E-state index in [1.54, 1.807) is 29.7 Å². The van der Waals surface area contributed by atoms with Gasteiger partial charge in [0.15, 0.2) is 0 Å². The maximum atomic E-state index is 11.3. The normalized spacial score (nSPS) is 11.6. The molecule has 5 nitrogen and oxygen atoms in total. The quantitative estimate of drug-likeness (QED) is 0.788. The van der Waals surface area contributed by atoms with Crippen LogP contribution in [0.1, 0.15) is 16.3 Å².